The van der Waals surface area contributed by atoms with Crippen molar-refractivity contribution in [3.63, 3.8) is 0 Å². The van der Waals surface area contributed by atoms with Gasteiger partial charge in [0, 0.05) is 19.6 Å². The number of amides is 2. The molecule has 3 aromatic carbocycles. The Morgan fingerprint density at radius 3 is 2.26 bits per heavy atom. The Morgan fingerprint density at radius 2 is 1.58 bits per heavy atom. The molecule has 1 aliphatic carbocycles. The highest BCUT2D eigenvalue weighted by molar-refractivity contribution is 7.89. The van der Waals surface area contributed by atoms with E-state index in [1.807, 2.05) is 61.5 Å². The third-order valence-corrected chi connectivity index (χ3v) is 9.12. The maximum absolute atomic E-state index is 13.7. The number of benzene rings is 3. The summed E-state index contributed by atoms with van der Waals surface area (Å²) in [5, 5.41) is 4.90. The van der Waals surface area contributed by atoms with Crippen LogP contribution in [-0.4, -0.2) is 55.1 Å². The molecule has 0 radical (unpaired) electrons. The van der Waals surface area contributed by atoms with E-state index in [2.05, 4.69) is 5.32 Å². The monoisotopic (exact) mass is 535 g/mol. The van der Waals surface area contributed by atoms with E-state index < -0.39 is 22.0 Å². The first-order valence-corrected chi connectivity index (χ1v) is 14.8. The van der Waals surface area contributed by atoms with Crippen molar-refractivity contribution in [2.75, 3.05) is 13.6 Å². The van der Waals surface area contributed by atoms with Gasteiger partial charge < -0.3 is 10.2 Å². The van der Waals surface area contributed by atoms with Crippen LogP contribution in [0.5, 0.6) is 0 Å². The van der Waals surface area contributed by atoms with Crippen LogP contribution in [0.1, 0.15) is 51.0 Å². The van der Waals surface area contributed by atoms with Gasteiger partial charge >= 0.3 is 0 Å². The van der Waals surface area contributed by atoms with E-state index in [0.29, 0.717) is 6.42 Å². The second kappa shape index (κ2) is 12.5. The van der Waals surface area contributed by atoms with Crippen molar-refractivity contribution in [1.29, 1.82) is 0 Å². The summed E-state index contributed by atoms with van der Waals surface area (Å²) in [6, 6.07) is 21.4. The Bertz CT molecular complexity index is 1350. The second-order valence-electron chi connectivity index (χ2n) is 10.0. The largest absolute Gasteiger partial charge is 0.352 e. The van der Waals surface area contributed by atoms with Gasteiger partial charge in [-0.15, -0.1) is 0 Å². The first-order chi connectivity index (χ1) is 18.3. The third kappa shape index (κ3) is 6.60. The zero-order valence-electron chi connectivity index (χ0n) is 22.2. The topological polar surface area (TPSA) is 86.8 Å². The van der Waals surface area contributed by atoms with Crippen molar-refractivity contribution in [2.24, 2.45) is 0 Å². The van der Waals surface area contributed by atoms with Crippen LogP contribution in [0, 0.1) is 0 Å². The van der Waals surface area contributed by atoms with Gasteiger partial charge in [-0.3, -0.25) is 9.59 Å². The highest BCUT2D eigenvalue weighted by atomic mass is 32.2. The lowest BCUT2D eigenvalue weighted by Crippen LogP contribution is -2.53. The van der Waals surface area contributed by atoms with Crippen molar-refractivity contribution >= 4 is 32.6 Å². The number of fused-ring (bicyclic) bond motifs is 1. The number of hydrogen-bond donors (Lipinski definition) is 1. The lowest BCUT2D eigenvalue weighted by molar-refractivity contribution is -0.141. The Hall–Kier alpha value is -3.23. The zero-order chi connectivity index (χ0) is 27.1. The van der Waals surface area contributed by atoms with Crippen LogP contribution in [0.15, 0.2) is 77.7 Å². The number of carbonyl (C=O) groups excluding carboxylic acids is 2. The van der Waals surface area contributed by atoms with Crippen molar-refractivity contribution in [1.82, 2.24) is 14.5 Å². The summed E-state index contributed by atoms with van der Waals surface area (Å²) in [7, 11) is -2.51. The summed E-state index contributed by atoms with van der Waals surface area (Å²) in [5.41, 5.74) is 0.879. The molecule has 0 heterocycles. The average molecular weight is 536 g/mol. The quantitative estimate of drug-likeness (QED) is 0.407. The molecule has 8 heteroatoms. The van der Waals surface area contributed by atoms with Crippen molar-refractivity contribution in [3.05, 3.63) is 78.4 Å². The lowest BCUT2D eigenvalue weighted by Gasteiger charge is -2.33. The Balaban J connectivity index is 1.55. The van der Waals surface area contributed by atoms with Crippen LogP contribution in [0.3, 0.4) is 0 Å². The van der Waals surface area contributed by atoms with Crippen LogP contribution in [-0.2, 0) is 26.2 Å². The van der Waals surface area contributed by atoms with E-state index in [-0.39, 0.29) is 29.9 Å². The molecule has 0 aliphatic heterocycles. The molecule has 0 spiro atoms. The molecule has 0 aromatic heterocycles. The molecule has 2 amide bonds. The molecule has 0 bridgehead atoms. The predicted molar refractivity (Wildman–Crippen MR) is 150 cm³/mol. The van der Waals surface area contributed by atoms with Crippen molar-refractivity contribution in [2.45, 2.75) is 69.0 Å². The van der Waals surface area contributed by atoms with Gasteiger partial charge in [-0.05, 0) is 47.7 Å². The zero-order valence-corrected chi connectivity index (χ0v) is 23.0. The molecule has 0 unspecified atom stereocenters. The van der Waals surface area contributed by atoms with Gasteiger partial charge in [-0.1, -0.05) is 86.8 Å². The number of likely N-dealkylation sites (N-methyl/N-ethyl adjacent to an activating group) is 1. The van der Waals surface area contributed by atoms with E-state index >= 15 is 0 Å². The minimum Gasteiger partial charge on any atom is -0.352 e. The molecule has 7 nitrogen and oxygen atoms in total. The van der Waals surface area contributed by atoms with Crippen LogP contribution in [0.2, 0.25) is 0 Å². The van der Waals surface area contributed by atoms with E-state index in [1.54, 1.807) is 18.2 Å². The number of hydrogen-bond acceptors (Lipinski definition) is 4. The lowest BCUT2D eigenvalue weighted by atomic mass is 9.95. The molecule has 1 fully saturated rings. The second-order valence-corrected chi connectivity index (χ2v) is 12.1. The molecule has 1 saturated carbocycles. The Kier molecular flexibility index (Phi) is 9.17. The molecule has 202 valence electrons. The summed E-state index contributed by atoms with van der Waals surface area (Å²) >= 11 is 0. The number of sulfonamides is 1. The smallest absolute Gasteiger partial charge is 0.243 e. The summed E-state index contributed by atoms with van der Waals surface area (Å²) in [6.45, 7) is 1.74. The van der Waals surface area contributed by atoms with Gasteiger partial charge in [0.1, 0.15) is 6.04 Å². The summed E-state index contributed by atoms with van der Waals surface area (Å²) in [4.78, 5) is 28.7. The highest BCUT2D eigenvalue weighted by Gasteiger charge is 2.32. The highest BCUT2D eigenvalue weighted by Crippen LogP contribution is 2.23. The third-order valence-electron chi connectivity index (χ3n) is 7.32. The molecule has 1 aliphatic rings. The fourth-order valence-corrected chi connectivity index (χ4v) is 6.27. The minimum absolute atomic E-state index is 0.120. The van der Waals surface area contributed by atoms with E-state index in [9.17, 15) is 18.0 Å². The molecule has 1 atom stereocenters. The first kappa shape index (κ1) is 27.8. The number of rotatable bonds is 10. The van der Waals surface area contributed by atoms with Crippen molar-refractivity contribution in [3.8, 4) is 0 Å². The molecule has 0 saturated heterocycles. The fourth-order valence-electron chi connectivity index (χ4n) is 5.12. The number of nitrogens with zero attached hydrogens (tertiary/aromatic N) is 2. The molecule has 3 aromatic rings. The van der Waals surface area contributed by atoms with Crippen molar-refractivity contribution < 1.29 is 18.0 Å². The Morgan fingerprint density at radius 1 is 0.921 bits per heavy atom. The van der Waals surface area contributed by atoms with Crippen LogP contribution in [0.4, 0.5) is 0 Å². The predicted octanol–water partition coefficient (Wildman–Crippen LogP) is 4.72. The van der Waals surface area contributed by atoms with E-state index in [1.165, 1.54) is 18.4 Å². The van der Waals surface area contributed by atoms with Gasteiger partial charge in [0.25, 0.3) is 0 Å². The Labute approximate surface area is 225 Å². The van der Waals surface area contributed by atoms with Gasteiger partial charge in [-0.2, -0.15) is 4.31 Å². The SMILES string of the molecule is CC[C@@H](C(=O)NC1CCCCC1)N(Cc1ccccc1)C(=O)CN(C)S(=O)(=O)c1ccc2ccccc2c1. The molecule has 4 rings (SSSR count). The van der Waals surface area contributed by atoms with E-state index in [0.717, 1.165) is 46.3 Å². The summed E-state index contributed by atoms with van der Waals surface area (Å²) in [5.74, 6) is -0.588. The summed E-state index contributed by atoms with van der Waals surface area (Å²) < 4.78 is 27.9. The van der Waals surface area contributed by atoms with Crippen LogP contribution < -0.4 is 5.32 Å². The van der Waals surface area contributed by atoms with Gasteiger partial charge in [-0.25, -0.2) is 8.42 Å². The standard InChI is InChI=1S/C30H37N3O4S/c1-3-28(30(35)31-26-16-8-5-9-17-26)33(21-23-12-6-4-7-13-23)29(34)22-32(2)38(36,37)27-19-18-24-14-10-11-15-25(24)20-27/h4,6-7,10-15,18-20,26,28H,3,5,8-9,16-17,21-22H2,1-2H3,(H,31,35)/t28-/m0/s1. The first-order valence-electron chi connectivity index (χ1n) is 13.4. The summed E-state index contributed by atoms with van der Waals surface area (Å²) in [6.07, 6.45) is 5.68. The molecular formula is C30H37N3O4S. The van der Waals surface area contributed by atoms with Gasteiger partial charge in [0.15, 0.2) is 0 Å². The average Bonchev–Trinajstić information content (AvgIpc) is 2.93. The maximum Gasteiger partial charge on any atom is 0.243 e. The molecule has 38 heavy (non-hydrogen) atoms. The number of nitrogens with one attached hydrogen (secondary N) is 1. The number of carbonyl (C=O) groups is 2. The normalized spacial score (nSPS) is 15.3. The van der Waals surface area contributed by atoms with Crippen LogP contribution >= 0.6 is 0 Å². The molecule has 1 N–H and O–H groups in total. The molecular weight excluding hydrogens is 498 g/mol. The minimum atomic E-state index is -3.92. The van der Waals surface area contributed by atoms with Crippen LogP contribution in [0.25, 0.3) is 10.8 Å². The maximum atomic E-state index is 13.7. The van der Waals surface area contributed by atoms with Gasteiger partial charge in [0.2, 0.25) is 21.8 Å². The fraction of sp³-hybridized carbons (Fsp3) is 0.400. The van der Waals surface area contributed by atoms with E-state index in [4.69, 9.17) is 0 Å². The van der Waals surface area contributed by atoms with Gasteiger partial charge in [0.05, 0.1) is 11.4 Å².